The van der Waals surface area contributed by atoms with Gasteiger partial charge in [-0.25, -0.2) is 13.4 Å². The molecule has 0 saturated heterocycles. The molecule has 0 radical (unpaired) electrons. The number of rotatable bonds is 3. The van der Waals surface area contributed by atoms with Crippen molar-refractivity contribution in [2.24, 2.45) is 0 Å². The summed E-state index contributed by atoms with van der Waals surface area (Å²) in [7, 11) is -3.55. The van der Waals surface area contributed by atoms with E-state index in [4.69, 9.17) is 0 Å². The van der Waals surface area contributed by atoms with E-state index >= 15 is 0 Å². The molecule has 0 unspecified atom stereocenters. The fourth-order valence-electron chi connectivity index (χ4n) is 2.38. The van der Waals surface area contributed by atoms with Crippen molar-refractivity contribution in [3.63, 3.8) is 0 Å². The van der Waals surface area contributed by atoms with Crippen LogP contribution in [0.5, 0.6) is 0 Å². The number of nitrogens with zero attached hydrogens (tertiary/aromatic N) is 1. The Morgan fingerprint density at radius 2 is 1.78 bits per heavy atom. The summed E-state index contributed by atoms with van der Waals surface area (Å²) in [6.07, 6.45) is 0. The molecule has 1 aromatic carbocycles. The lowest BCUT2D eigenvalue weighted by Crippen LogP contribution is -2.15. The Bertz CT molecular complexity index is 1050. The van der Waals surface area contributed by atoms with Gasteiger partial charge in [-0.05, 0) is 38.5 Å². The standard InChI is InChI=1S/C16H16N2O3S2/c1-9-4-6-12(7-5-9)23(20,21)8-13-17-15(19)14-10(2)11(3)22-16(14)18-13/h4-7H,8H2,1-3H3,(H,17,18,19). The lowest BCUT2D eigenvalue weighted by molar-refractivity contribution is 0.594. The Morgan fingerprint density at radius 1 is 1.13 bits per heavy atom. The Balaban J connectivity index is 2.04. The molecule has 0 aliphatic heterocycles. The highest BCUT2D eigenvalue weighted by Gasteiger charge is 2.19. The van der Waals surface area contributed by atoms with Crippen molar-refractivity contribution in [2.75, 3.05) is 0 Å². The lowest BCUT2D eigenvalue weighted by atomic mass is 10.2. The average Bonchev–Trinajstić information content (AvgIpc) is 2.74. The maximum atomic E-state index is 12.5. The number of nitrogens with one attached hydrogen (secondary N) is 1. The summed E-state index contributed by atoms with van der Waals surface area (Å²) in [5.41, 5.74) is 1.60. The van der Waals surface area contributed by atoms with Crippen LogP contribution in [0.25, 0.3) is 10.2 Å². The fourth-order valence-corrected chi connectivity index (χ4v) is 4.64. The summed E-state index contributed by atoms with van der Waals surface area (Å²) >= 11 is 1.40. The number of benzene rings is 1. The van der Waals surface area contributed by atoms with Crippen LogP contribution in [0.3, 0.4) is 0 Å². The number of H-pyrrole nitrogens is 1. The SMILES string of the molecule is Cc1ccc(S(=O)(=O)Cc2nc3sc(C)c(C)c3c(=O)[nH]2)cc1. The summed E-state index contributed by atoms with van der Waals surface area (Å²) in [6.45, 7) is 5.68. The molecule has 3 rings (SSSR count). The molecule has 2 aromatic heterocycles. The van der Waals surface area contributed by atoms with Crippen LogP contribution in [0.4, 0.5) is 0 Å². The van der Waals surface area contributed by atoms with E-state index in [0.29, 0.717) is 10.2 Å². The highest BCUT2D eigenvalue weighted by Crippen LogP contribution is 2.26. The Morgan fingerprint density at radius 3 is 2.43 bits per heavy atom. The van der Waals surface area contributed by atoms with Crippen LogP contribution in [0, 0.1) is 20.8 Å². The molecule has 120 valence electrons. The summed E-state index contributed by atoms with van der Waals surface area (Å²) < 4.78 is 24.9. The van der Waals surface area contributed by atoms with Crippen molar-refractivity contribution in [3.8, 4) is 0 Å². The van der Waals surface area contributed by atoms with Gasteiger partial charge >= 0.3 is 0 Å². The van der Waals surface area contributed by atoms with E-state index < -0.39 is 9.84 Å². The number of aryl methyl sites for hydroxylation is 3. The molecule has 0 saturated carbocycles. The first-order chi connectivity index (χ1) is 10.8. The van der Waals surface area contributed by atoms with Crippen molar-refractivity contribution < 1.29 is 8.42 Å². The summed E-state index contributed by atoms with van der Waals surface area (Å²) in [6, 6.07) is 6.64. The smallest absolute Gasteiger partial charge is 0.259 e. The molecule has 0 fully saturated rings. The minimum absolute atomic E-state index is 0.171. The third-order valence-electron chi connectivity index (χ3n) is 3.79. The molecule has 0 bridgehead atoms. The summed E-state index contributed by atoms with van der Waals surface area (Å²) in [5, 5.41) is 0.545. The Kier molecular flexibility index (Phi) is 3.85. The Labute approximate surface area is 137 Å². The van der Waals surface area contributed by atoms with Crippen molar-refractivity contribution in [1.82, 2.24) is 9.97 Å². The van der Waals surface area contributed by atoms with Crippen molar-refractivity contribution >= 4 is 31.4 Å². The molecule has 0 aliphatic rings. The molecule has 0 spiro atoms. The zero-order valence-electron chi connectivity index (χ0n) is 13.0. The monoisotopic (exact) mass is 348 g/mol. The Hall–Kier alpha value is -1.99. The number of fused-ring (bicyclic) bond motifs is 1. The lowest BCUT2D eigenvalue weighted by Gasteiger charge is -2.05. The highest BCUT2D eigenvalue weighted by molar-refractivity contribution is 7.90. The highest BCUT2D eigenvalue weighted by atomic mass is 32.2. The molecule has 5 nitrogen and oxygen atoms in total. The second-order valence-corrected chi connectivity index (χ2v) is 8.74. The topological polar surface area (TPSA) is 79.9 Å². The molecule has 2 heterocycles. The van der Waals surface area contributed by atoms with Gasteiger partial charge in [0.05, 0.1) is 10.3 Å². The minimum Gasteiger partial charge on any atom is -0.309 e. The summed E-state index contributed by atoms with van der Waals surface area (Å²) in [5.74, 6) is -0.152. The molecule has 0 atom stereocenters. The number of aromatic nitrogens is 2. The molecular weight excluding hydrogens is 332 g/mol. The van der Waals surface area contributed by atoms with Crippen molar-refractivity contribution in [1.29, 1.82) is 0 Å². The van der Waals surface area contributed by atoms with E-state index in [1.54, 1.807) is 24.3 Å². The van der Waals surface area contributed by atoms with Crippen LogP contribution in [0.15, 0.2) is 34.0 Å². The third kappa shape index (κ3) is 2.94. The first-order valence-electron chi connectivity index (χ1n) is 7.06. The summed E-state index contributed by atoms with van der Waals surface area (Å²) in [4.78, 5) is 21.0. The van der Waals surface area contributed by atoms with Crippen molar-refractivity contribution in [2.45, 2.75) is 31.4 Å². The fraction of sp³-hybridized carbons (Fsp3) is 0.250. The van der Waals surface area contributed by atoms with Gasteiger partial charge in [0.1, 0.15) is 16.4 Å². The van der Waals surface area contributed by atoms with Crippen LogP contribution in [-0.2, 0) is 15.6 Å². The quantitative estimate of drug-likeness (QED) is 0.789. The zero-order valence-corrected chi connectivity index (χ0v) is 14.6. The predicted octanol–water partition coefficient (Wildman–Crippen LogP) is 2.88. The van der Waals surface area contributed by atoms with Crippen molar-refractivity contribution in [3.05, 3.63) is 56.4 Å². The number of thiophene rings is 1. The van der Waals surface area contributed by atoms with Gasteiger partial charge in [0.2, 0.25) is 0 Å². The molecule has 0 amide bonds. The second kappa shape index (κ2) is 5.58. The van der Waals surface area contributed by atoms with Gasteiger partial charge in [-0.1, -0.05) is 17.7 Å². The molecule has 3 aromatic rings. The number of aromatic amines is 1. The largest absolute Gasteiger partial charge is 0.309 e. The minimum atomic E-state index is -3.55. The maximum Gasteiger partial charge on any atom is 0.259 e. The third-order valence-corrected chi connectivity index (χ3v) is 6.54. The van der Waals surface area contributed by atoms with Gasteiger partial charge < -0.3 is 4.98 Å². The zero-order chi connectivity index (χ0) is 16.8. The predicted molar refractivity (Wildman–Crippen MR) is 91.8 cm³/mol. The molecule has 7 heteroatoms. The van der Waals surface area contributed by atoms with Crippen LogP contribution >= 0.6 is 11.3 Å². The van der Waals surface area contributed by atoms with E-state index in [1.807, 2.05) is 20.8 Å². The van der Waals surface area contributed by atoms with Crippen LogP contribution in [0.2, 0.25) is 0 Å². The van der Waals surface area contributed by atoms with E-state index in [2.05, 4.69) is 9.97 Å². The first-order valence-corrected chi connectivity index (χ1v) is 9.53. The molecule has 23 heavy (non-hydrogen) atoms. The van der Waals surface area contributed by atoms with Gasteiger partial charge in [0, 0.05) is 4.88 Å². The van der Waals surface area contributed by atoms with Crippen LogP contribution in [-0.4, -0.2) is 18.4 Å². The van der Waals surface area contributed by atoms with E-state index in [-0.39, 0.29) is 22.0 Å². The average molecular weight is 348 g/mol. The van der Waals surface area contributed by atoms with E-state index in [1.165, 1.54) is 11.3 Å². The number of sulfone groups is 1. The maximum absolute atomic E-state index is 12.5. The number of hydrogen-bond donors (Lipinski definition) is 1. The van der Waals surface area contributed by atoms with Gasteiger partial charge in [0.25, 0.3) is 5.56 Å². The number of hydrogen-bond acceptors (Lipinski definition) is 5. The van der Waals surface area contributed by atoms with Crippen LogP contribution in [0.1, 0.15) is 21.8 Å². The van der Waals surface area contributed by atoms with E-state index in [0.717, 1.165) is 16.0 Å². The van der Waals surface area contributed by atoms with Gasteiger partial charge in [-0.3, -0.25) is 4.79 Å². The van der Waals surface area contributed by atoms with Gasteiger partial charge in [-0.2, -0.15) is 0 Å². The molecule has 1 N–H and O–H groups in total. The van der Waals surface area contributed by atoms with Crippen LogP contribution < -0.4 is 5.56 Å². The van der Waals surface area contributed by atoms with Gasteiger partial charge in [-0.15, -0.1) is 11.3 Å². The second-order valence-electron chi connectivity index (χ2n) is 5.55. The molecule has 0 aliphatic carbocycles. The normalized spacial score (nSPS) is 12.0. The first kappa shape index (κ1) is 15.9. The van der Waals surface area contributed by atoms with Gasteiger partial charge in [0.15, 0.2) is 9.84 Å². The van der Waals surface area contributed by atoms with E-state index in [9.17, 15) is 13.2 Å². The molecular formula is C16H16N2O3S2.